The van der Waals surface area contributed by atoms with Gasteiger partial charge in [-0.25, -0.2) is 0 Å². The number of H-pyrrole nitrogens is 1. The molecule has 0 saturated heterocycles. The molecule has 1 N–H and O–H groups in total. The molecule has 0 bridgehead atoms. The maximum Gasteiger partial charge on any atom is 0.269 e. The Kier molecular flexibility index (Phi) is 4.91. The number of hydrogen-bond acceptors (Lipinski definition) is 8. The van der Waals surface area contributed by atoms with E-state index in [2.05, 4.69) is 36.0 Å². The first-order valence-corrected chi connectivity index (χ1v) is 11.7. The fourth-order valence-corrected chi connectivity index (χ4v) is 4.86. The molecule has 170 valence electrons. The number of rotatable bonds is 7. The average molecular weight is 474 g/mol. The highest BCUT2D eigenvalue weighted by atomic mass is 32.2. The van der Waals surface area contributed by atoms with Crippen LogP contribution in [0.25, 0.3) is 33.7 Å². The summed E-state index contributed by atoms with van der Waals surface area (Å²) in [5.41, 5.74) is 2.74. The van der Waals surface area contributed by atoms with Gasteiger partial charge in [0.1, 0.15) is 0 Å². The van der Waals surface area contributed by atoms with Crippen LogP contribution in [0.5, 0.6) is 0 Å². The number of aromatic nitrogens is 6. The van der Waals surface area contributed by atoms with Crippen molar-refractivity contribution in [2.24, 2.45) is 0 Å². The van der Waals surface area contributed by atoms with Gasteiger partial charge in [-0.2, -0.15) is 0 Å². The number of para-hydroxylation sites is 1. The van der Waals surface area contributed by atoms with Crippen molar-refractivity contribution in [3.05, 3.63) is 70.7 Å². The number of nitrogens with one attached hydrogen (secondary N) is 1. The van der Waals surface area contributed by atoms with Crippen LogP contribution < -0.4 is 0 Å². The predicted octanol–water partition coefficient (Wildman–Crippen LogP) is 5.57. The van der Waals surface area contributed by atoms with E-state index >= 15 is 0 Å². The van der Waals surface area contributed by atoms with Crippen molar-refractivity contribution in [2.45, 2.75) is 36.2 Å². The highest BCUT2D eigenvalue weighted by Crippen LogP contribution is 2.44. The summed E-state index contributed by atoms with van der Waals surface area (Å²) in [5.74, 6) is 1.63. The van der Waals surface area contributed by atoms with Gasteiger partial charge in [-0.15, -0.1) is 20.4 Å². The van der Waals surface area contributed by atoms with Crippen LogP contribution in [0.2, 0.25) is 0 Å². The quantitative estimate of drug-likeness (QED) is 0.184. The Labute approximate surface area is 197 Å². The molecule has 1 fully saturated rings. The molecule has 1 aliphatic rings. The van der Waals surface area contributed by atoms with Crippen LogP contribution in [-0.2, 0) is 0 Å². The number of benzene rings is 2. The van der Waals surface area contributed by atoms with E-state index in [1.807, 2.05) is 31.3 Å². The summed E-state index contributed by atoms with van der Waals surface area (Å²) in [4.78, 5) is 13.7. The molecule has 11 heteroatoms. The molecule has 1 aliphatic carbocycles. The third-order valence-electron chi connectivity index (χ3n) is 5.80. The number of nitro groups is 1. The van der Waals surface area contributed by atoms with Crippen LogP contribution in [0.15, 0.2) is 64.3 Å². The smallest absolute Gasteiger partial charge is 0.269 e. The van der Waals surface area contributed by atoms with Gasteiger partial charge in [0.25, 0.3) is 5.69 Å². The number of nitrogens with zero attached hydrogens (tertiary/aromatic N) is 6. The number of hydrogen-bond donors (Lipinski definition) is 1. The highest BCUT2D eigenvalue weighted by Gasteiger charge is 2.32. The molecule has 1 saturated carbocycles. The lowest BCUT2D eigenvalue weighted by Gasteiger charge is -2.10. The van der Waals surface area contributed by atoms with E-state index in [1.54, 1.807) is 12.1 Å². The maximum atomic E-state index is 10.9. The molecule has 3 heterocycles. The van der Waals surface area contributed by atoms with Crippen molar-refractivity contribution < 1.29 is 9.34 Å². The first-order chi connectivity index (χ1) is 16.6. The second-order valence-electron chi connectivity index (χ2n) is 8.16. The zero-order chi connectivity index (χ0) is 23.2. The van der Waals surface area contributed by atoms with Crippen molar-refractivity contribution in [1.82, 2.24) is 29.9 Å². The number of non-ortho nitro benzene ring substituents is 1. The highest BCUT2D eigenvalue weighted by molar-refractivity contribution is 7.99. The molecule has 1 atom stereocenters. The second-order valence-corrected chi connectivity index (χ2v) is 9.47. The summed E-state index contributed by atoms with van der Waals surface area (Å²) in [6, 6.07) is 14.6. The van der Waals surface area contributed by atoms with Gasteiger partial charge in [0, 0.05) is 46.4 Å². The van der Waals surface area contributed by atoms with Gasteiger partial charge in [0.2, 0.25) is 11.8 Å². The molecule has 0 radical (unpaired) electrons. The van der Waals surface area contributed by atoms with Crippen LogP contribution in [0.3, 0.4) is 0 Å². The summed E-state index contributed by atoms with van der Waals surface area (Å²) in [6.07, 6.45) is 4.18. The normalized spacial score (nSPS) is 14.5. The lowest BCUT2D eigenvalue weighted by Crippen LogP contribution is -2.01. The first kappa shape index (κ1) is 20.6. The third-order valence-corrected chi connectivity index (χ3v) is 6.85. The number of nitro benzene ring substituents is 1. The second kappa shape index (κ2) is 8.10. The third kappa shape index (κ3) is 3.63. The van der Waals surface area contributed by atoms with Crippen molar-refractivity contribution in [3.63, 3.8) is 0 Å². The number of thioether (sulfide) groups is 1. The van der Waals surface area contributed by atoms with Gasteiger partial charge < -0.3 is 9.40 Å². The fraction of sp³-hybridized carbons (Fsp3) is 0.217. The molecule has 1 unspecified atom stereocenters. The fourth-order valence-electron chi connectivity index (χ4n) is 3.91. The van der Waals surface area contributed by atoms with Crippen molar-refractivity contribution >= 4 is 28.4 Å². The van der Waals surface area contributed by atoms with Gasteiger partial charge >= 0.3 is 0 Å². The molecule has 0 aliphatic heterocycles. The molecule has 0 amide bonds. The molecular weight excluding hydrogens is 454 g/mol. The Balaban J connectivity index is 1.27. The summed E-state index contributed by atoms with van der Waals surface area (Å²) in [5, 5.41) is 30.0. The van der Waals surface area contributed by atoms with Crippen LogP contribution in [-0.4, -0.2) is 34.9 Å². The van der Waals surface area contributed by atoms with Gasteiger partial charge in [0.15, 0.2) is 11.0 Å². The summed E-state index contributed by atoms with van der Waals surface area (Å²) >= 11 is 1.52. The van der Waals surface area contributed by atoms with E-state index in [0.717, 1.165) is 40.3 Å². The van der Waals surface area contributed by atoms with Crippen molar-refractivity contribution in [2.75, 3.05) is 0 Å². The zero-order valence-electron chi connectivity index (χ0n) is 18.1. The standard InChI is InChI=1S/C23H19N7O3S/c1-13(21-26-27-22(33-21)14-6-8-16(9-7-14)30(31)32)34-23-28-25-20(29(23)15-10-11-15)18-12-24-19-5-3-2-4-17(18)19/h2-9,12-13,15,24H,10-11H2,1H3. The molecule has 10 nitrogen and oxygen atoms in total. The summed E-state index contributed by atoms with van der Waals surface area (Å²) < 4.78 is 8.09. The lowest BCUT2D eigenvalue weighted by molar-refractivity contribution is -0.384. The SMILES string of the molecule is CC(Sc1nnc(-c2c[nH]c3ccccc23)n1C1CC1)c1nnc(-c2ccc([N+](=O)[O-])cc2)o1. The Morgan fingerprint density at radius 1 is 1.12 bits per heavy atom. The van der Waals surface area contributed by atoms with Crippen molar-refractivity contribution in [3.8, 4) is 22.8 Å². The molecule has 0 spiro atoms. The number of aromatic amines is 1. The predicted molar refractivity (Wildman–Crippen MR) is 126 cm³/mol. The maximum absolute atomic E-state index is 10.9. The van der Waals surface area contributed by atoms with Gasteiger partial charge in [0.05, 0.1) is 10.2 Å². The van der Waals surface area contributed by atoms with E-state index in [-0.39, 0.29) is 10.9 Å². The van der Waals surface area contributed by atoms with Crippen LogP contribution >= 0.6 is 11.8 Å². The van der Waals surface area contributed by atoms with Crippen LogP contribution in [0.4, 0.5) is 5.69 Å². The van der Waals surface area contributed by atoms with Gasteiger partial charge in [-0.05, 0) is 38.0 Å². The zero-order valence-corrected chi connectivity index (χ0v) is 18.9. The summed E-state index contributed by atoms with van der Waals surface area (Å²) in [7, 11) is 0. The molecule has 5 aromatic rings. The molecule has 6 rings (SSSR count). The molecule has 2 aromatic carbocycles. The van der Waals surface area contributed by atoms with Crippen molar-refractivity contribution in [1.29, 1.82) is 0 Å². The lowest BCUT2D eigenvalue weighted by atomic mass is 10.1. The van der Waals surface area contributed by atoms with E-state index in [9.17, 15) is 10.1 Å². The Morgan fingerprint density at radius 3 is 2.68 bits per heavy atom. The number of fused-ring (bicyclic) bond motifs is 1. The van der Waals surface area contributed by atoms with Gasteiger partial charge in [-0.3, -0.25) is 14.7 Å². The van der Waals surface area contributed by atoms with Gasteiger partial charge in [-0.1, -0.05) is 30.0 Å². The minimum Gasteiger partial charge on any atom is -0.419 e. The minimum absolute atomic E-state index is 0.0119. The van der Waals surface area contributed by atoms with E-state index in [0.29, 0.717) is 23.4 Å². The van der Waals surface area contributed by atoms with Crippen LogP contribution in [0.1, 0.15) is 36.9 Å². The molecular formula is C23H19N7O3S. The molecule has 34 heavy (non-hydrogen) atoms. The largest absolute Gasteiger partial charge is 0.419 e. The average Bonchev–Trinajstić information content (AvgIpc) is 3.24. The van der Waals surface area contributed by atoms with Crippen LogP contribution in [0, 0.1) is 10.1 Å². The Morgan fingerprint density at radius 2 is 1.91 bits per heavy atom. The Bertz CT molecular complexity index is 1500. The van der Waals surface area contributed by atoms with E-state index in [1.165, 1.54) is 23.9 Å². The topological polar surface area (TPSA) is 129 Å². The minimum atomic E-state index is -0.442. The Hall–Kier alpha value is -3.99. The van der Waals surface area contributed by atoms with E-state index in [4.69, 9.17) is 4.42 Å². The monoisotopic (exact) mass is 473 g/mol. The summed E-state index contributed by atoms with van der Waals surface area (Å²) in [6.45, 7) is 1.98. The first-order valence-electron chi connectivity index (χ1n) is 10.8. The molecule has 3 aromatic heterocycles. The van der Waals surface area contributed by atoms with E-state index < -0.39 is 4.92 Å².